The molecule has 3 atom stereocenters. The molecule has 1 saturated carbocycles. The van der Waals surface area contributed by atoms with Crippen molar-refractivity contribution in [3.63, 3.8) is 0 Å². The van der Waals surface area contributed by atoms with Gasteiger partial charge in [-0.25, -0.2) is 9.59 Å². The number of nitrogens with one attached hydrogen (secondary N) is 1. The first-order valence-corrected chi connectivity index (χ1v) is 9.22. The molecule has 2 heterocycles. The fourth-order valence-corrected chi connectivity index (χ4v) is 3.98. The molecule has 0 spiro atoms. The Morgan fingerprint density at radius 1 is 1.32 bits per heavy atom. The molecule has 0 radical (unpaired) electrons. The van der Waals surface area contributed by atoms with Gasteiger partial charge in [-0.1, -0.05) is 18.2 Å². The van der Waals surface area contributed by atoms with E-state index in [1.54, 1.807) is 31.2 Å². The van der Waals surface area contributed by atoms with Gasteiger partial charge in [0.2, 0.25) is 5.91 Å². The number of para-hydroxylation sites is 1. The van der Waals surface area contributed by atoms with Crippen LogP contribution in [-0.4, -0.2) is 48.4 Å². The second-order valence-corrected chi connectivity index (χ2v) is 7.07. The molecule has 1 aliphatic carbocycles. The topological polar surface area (TPSA) is 111 Å². The van der Waals surface area contributed by atoms with E-state index in [1.807, 2.05) is 0 Å². The number of carbonyl (C=O) groups excluding carboxylic acids is 3. The van der Waals surface area contributed by atoms with Crippen LogP contribution < -0.4 is 5.32 Å². The number of amides is 1. The zero-order chi connectivity index (χ0) is 20.1. The molecule has 1 aromatic rings. The van der Waals surface area contributed by atoms with Gasteiger partial charge in [-0.05, 0) is 31.4 Å². The summed E-state index contributed by atoms with van der Waals surface area (Å²) >= 11 is 0. The highest BCUT2D eigenvalue weighted by atomic mass is 16.6. The third-order valence-electron chi connectivity index (χ3n) is 5.39. The predicted octanol–water partition coefficient (Wildman–Crippen LogP) is 1.25. The van der Waals surface area contributed by atoms with E-state index >= 15 is 0 Å². The quantitative estimate of drug-likeness (QED) is 0.732. The van der Waals surface area contributed by atoms with E-state index < -0.39 is 35.5 Å². The van der Waals surface area contributed by atoms with Crippen molar-refractivity contribution >= 4 is 23.5 Å². The Hall–Kier alpha value is -2.87. The standard InChI is InChI=1S/C20H21NO7/c1-3-27-19(25)20(14-11-6-4-5-7-12(11)21-17(14)23)16(22)13(18(24)26-2)15(28-20)10-8-9-10/h4-7,10,14,16,22H,3,8-9H2,1-2H3,(H,21,23)/t14-,16+,20+/m1/s1. The van der Waals surface area contributed by atoms with E-state index in [2.05, 4.69) is 5.32 Å². The van der Waals surface area contributed by atoms with Crippen LogP contribution in [0.25, 0.3) is 0 Å². The fourth-order valence-electron chi connectivity index (χ4n) is 3.98. The third-order valence-corrected chi connectivity index (χ3v) is 5.39. The van der Waals surface area contributed by atoms with Crippen LogP contribution in [0.5, 0.6) is 0 Å². The van der Waals surface area contributed by atoms with Crippen molar-refractivity contribution in [2.24, 2.45) is 5.92 Å². The maximum Gasteiger partial charge on any atom is 0.354 e. The first-order chi connectivity index (χ1) is 13.5. The Morgan fingerprint density at radius 3 is 2.68 bits per heavy atom. The van der Waals surface area contributed by atoms with Crippen LogP contribution >= 0.6 is 0 Å². The highest BCUT2D eigenvalue weighted by Crippen LogP contribution is 2.54. The summed E-state index contributed by atoms with van der Waals surface area (Å²) in [4.78, 5) is 38.4. The van der Waals surface area contributed by atoms with Gasteiger partial charge in [-0.3, -0.25) is 4.79 Å². The van der Waals surface area contributed by atoms with Crippen LogP contribution in [0.3, 0.4) is 0 Å². The lowest BCUT2D eigenvalue weighted by molar-refractivity contribution is -0.179. The summed E-state index contributed by atoms with van der Waals surface area (Å²) in [5, 5.41) is 13.9. The Labute approximate surface area is 161 Å². The number of esters is 2. The summed E-state index contributed by atoms with van der Waals surface area (Å²) in [5.41, 5.74) is -1.18. The molecule has 1 amide bonds. The van der Waals surface area contributed by atoms with E-state index in [4.69, 9.17) is 14.2 Å². The molecular weight excluding hydrogens is 366 g/mol. The number of allylic oxidation sites excluding steroid dienone is 1. The molecule has 3 aliphatic rings. The fraction of sp³-hybridized carbons (Fsp3) is 0.450. The highest BCUT2D eigenvalue weighted by Gasteiger charge is 2.67. The maximum atomic E-state index is 13.1. The van der Waals surface area contributed by atoms with E-state index in [0.717, 1.165) is 12.8 Å². The number of fused-ring (bicyclic) bond motifs is 1. The molecule has 8 nitrogen and oxygen atoms in total. The maximum absolute atomic E-state index is 13.1. The lowest BCUT2D eigenvalue weighted by Gasteiger charge is -2.34. The van der Waals surface area contributed by atoms with Crippen LogP contribution in [-0.2, 0) is 28.6 Å². The van der Waals surface area contributed by atoms with Crippen molar-refractivity contribution < 1.29 is 33.7 Å². The number of aliphatic hydroxyl groups excluding tert-OH is 1. The number of rotatable bonds is 5. The van der Waals surface area contributed by atoms with Crippen molar-refractivity contribution in [1.82, 2.24) is 0 Å². The monoisotopic (exact) mass is 387 g/mol. The number of aliphatic hydroxyl groups is 1. The number of benzene rings is 1. The van der Waals surface area contributed by atoms with Crippen LogP contribution in [0.4, 0.5) is 5.69 Å². The van der Waals surface area contributed by atoms with Gasteiger partial charge in [0.05, 0.1) is 13.7 Å². The number of hydrogen-bond donors (Lipinski definition) is 2. The Kier molecular flexibility index (Phi) is 4.38. The summed E-state index contributed by atoms with van der Waals surface area (Å²) in [6.45, 7) is 1.64. The third kappa shape index (κ3) is 2.51. The normalized spacial score (nSPS) is 28.5. The van der Waals surface area contributed by atoms with Crippen molar-refractivity contribution in [2.75, 3.05) is 19.0 Å². The lowest BCUT2D eigenvalue weighted by atomic mass is 9.77. The molecule has 28 heavy (non-hydrogen) atoms. The zero-order valence-corrected chi connectivity index (χ0v) is 15.6. The Bertz CT molecular complexity index is 888. The summed E-state index contributed by atoms with van der Waals surface area (Å²) < 4.78 is 16.1. The highest BCUT2D eigenvalue weighted by molar-refractivity contribution is 6.08. The van der Waals surface area contributed by atoms with Gasteiger partial charge in [0.25, 0.3) is 5.60 Å². The second-order valence-electron chi connectivity index (χ2n) is 7.07. The number of methoxy groups -OCH3 is 1. The van der Waals surface area contributed by atoms with E-state index in [1.165, 1.54) is 7.11 Å². The smallest absolute Gasteiger partial charge is 0.354 e. The molecule has 0 unspecified atom stereocenters. The lowest BCUT2D eigenvalue weighted by Crippen LogP contribution is -2.56. The van der Waals surface area contributed by atoms with Gasteiger partial charge in [0.15, 0.2) is 0 Å². The van der Waals surface area contributed by atoms with Crippen molar-refractivity contribution in [1.29, 1.82) is 0 Å². The summed E-state index contributed by atoms with van der Waals surface area (Å²) in [7, 11) is 1.19. The molecule has 2 aliphatic heterocycles. The molecule has 0 bridgehead atoms. The van der Waals surface area contributed by atoms with Gasteiger partial charge in [0, 0.05) is 11.6 Å². The van der Waals surface area contributed by atoms with Gasteiger partial charge in [-0.15, -0.1) is 0 Å². The average molecular weight is 387 g/mol. The molecular formula is C20H21NO7. The first kappa shape index (κ1) is 18.5. The minimum atomic E-state index is -2.09. The predicted molar refractivity (Wildman–Crippen MR) is 96.0 cm³/mol. The SMILES string of the molecule is CCOC(=O)[C@@]1([C@H]2C(=O)Nc3ccccc32)OC(C2CC2)=C(C(=O)OC)[C@@H]1O. The van der Waals surface area contributed by atoms with E-state index in [-0.39, 0.29) is 23.9 Å². The van der Waals surface area contributed by atoms with Gasteiger partial charge in [-0.2, -0.15) is 0 Å². The Morgan fingerprint density at radius 2 is 2.04 bits per heavy atom. The average Bonchev–Trinajstić information content (AvgIpc) is 3.41. The summed E-state index contributed by atoms with van der Waals surface area (Å²) in [5.74, 6) is -3.24. The summed E-state index contributed by atoms with van der Waals surface area (Å²) in [6.07, 6.45) is -0.180. The summed E-state index contributed by atoms with van der Waals surface area (Å²) in [6, 6.07) is 6.85. The van der Waals surface area contributed by atoms with E-state index in [9.17, 15) is 19.5 Å². The van der Waals surface area contributed by atoms with Gasteiger partial charge < -0.3 is 24.6 Å². The number of anilines is 1. The minimum absolute atomic E-state index is 0.0268. The molecule has 0 aromatic heterocycles. The molecule has 8 heteroatoms. The van der Waals surface area contributed by atoms with Gasteiger partial charge >= 0.3 is 11.9 Å². The van der Waals surface area contributed by atoms with Crippen molar-refractivity contribution in [3.8, 4) is 0 Å². The second kappa shape index (κ2) is 6.63. The molecule has 2 N–H and O–H groups in total. The van der Waals surface area contributed by atoms with Crippen LogP contribution in [0.2, 0.25) is 0 Å². The zero-order valence-electron chi connectivity index (χ0n) is 15.6. The molecule has 148 valence electrons. The number of carbonyl (C=O) groups is 3. The van der Waals surface area contributed by atoms with Crippen LogP contribution in [0.1, 0.15) is 31.2 Å². The minimum Gasteiger partial charge on any atom is -0.475 e. The van der Waals surface area contributed by atoms with Crippen molar-refractivity contribution in [2.45, 2.75) is 37.4 Å². The first-order valence-electron chi connectivity index (χ1n) is 9.22. The van der Waals surface area contributed by atoms with Crippen molar-refractivity contribution in [3.05, 3.63) is 41.2 Å². The molecule has 4 rings (SSSR count). The Balaban J connectivity index is 1.87. The van der Waals surface area contributed by atoms with Crippen LogP contribution in [0.15, 0.2) is 35.6 Å². The van der Waals surface area contributed by atoms with E-state index in [0.29, 0.717) is 11.3 Å². The molecule has 1 fully saturated rings. The van der Waals surface area contributed by atoms with Gasteiger partial charge in [0.1, 0.15) is 23.4 Å². The number of hydrogen-bond acceptors (Lipinski definition) is 7. The number of ether oxygens (including phenoxy) is 3. The largest absolute Gasteiger partial charge is 0.475 e. The van der Waals surface area contributed by atoms with Crippen LogP contribution in [0, 0.1) is 5.92 Å². The molecule has 0 saturated heterocycles. The molecule has 1 aromatic carbocycles.